The van der Waals surface area contributed by atoms with Crippen molar-refractivity contribution in [2.24, 2.45) is 0 Å². The highest BCUT2D eigenvalue weighted by molar-refractivity contribution is 7.89. The lowest BCUT2D eigenvalue weighted by molar-refractivity contribution is 0.282. The second-order valence-corrected chi connectivity index (χ2v) is 5.50. The van der Waals surface area contributed by atoms with Crippen LogP contribution in [-0.2, 0) is 23.2 Å². The molecule has 3 N–H and O–H groups in total. The lowest BCUT2D eigenvalue weighted by Gasteiger charge is -2.05. The molecule has 96 valence electrons. The Labute approximate surface area is 105 Å². The minimum absolute atomic E-state index is 0.0268. The number of nitrogens with zero attached hydrogens (tertiary/aromatic N) is 1. The van der Waals surface area contributed by atoms with E-state index < -0.39 is 10.0 Å². The van der Waals surface area contributed by atoms with E-state index in [0.717, 1.165) is 11.1 Å². The fourth-order valence-corrected chi connectivity index (χ4v) is 2.33. The van der Waals surface area contributed by atoms with Gasteiger partial charge >= 0.3 is 0 Å². The van der Waals surface area contributed by atoms with E-state index in [1.807, 2.05) is 0 Å². The van der Waals surface area contributed by atoms with Crippen molar-refractivity contribution in [2.75, 3.05) is 0 Å². The van der Waals surface area contributed by atoms with Gasteiger partial charge in [-0.15, -0.1) is 0 Å². The first-order chi connectivity index (χ1) is 8.62. The van der Waals surface area contributed by atoms with Gasteiger partial charge in [0.15, 0.2) is 0 Å². The lowest BCUT2D eigenvalue weighted by Crippen LogP contribution is -2.22. The van der Waals surface area contributed by atoms with Crippen LogP contribution in [0.15, 0.2) is 41.6 Å². The normalized spacial score (nSPS) is 11.6. The predicted octanol–water partition coefficient (Wildman–Crippen LogP) is 0.380. The molecule has 0 saturated heterocycles. The van der Waals surface area contributed by atoms with Gasteiger partial charge in [-0.2, -0.15) is 5.10 Å². The summed E-state index contributed by atoms with van der Waals surface area (Å²) in [5.41, 5.74) is 1.61. The molecule has 0 radical (unpaired) electrons. The van der Waals surface area contributed by atoms with Crippen LogP contribution in [0.5, 0.6) is 0 Å². The maximum atomic E-state index is 11.8. The number of aromatic nitrogens is 2. The van der Waals surface area contributed by atoms with Crippen molar-refractivity contribution >= 4 is 10.0 Å². The zero-order chi connectivity index (χ0) is 13.0. The fraction of sp³-hybridized carbons (Fsp3) is 0.182. The topological polar surface area (TPSA) is 95.1 Å². The second-order valence-electron chi connectivity index (χ2n) is 3.73. The number of H-pyrrole nitrogens is 1. The number of benzene rings is 1. The molecule has 1 aromatic carbocycles. The first-order valence-corrected chi connectivity index (χ1v) is 6.77. The summed E-state index contributed by atoms with van der Waals surface area (Å²) in [5, 5.41) is 14.9. The third-order valence-corrected chi connectivity index (χ3v) is 3.82. The SMILES string of the molecule is O=S(=O)(NCc1ccc(CO)cc1)c1cn[nH]c1. The Morgan fingerprint density at radius 3 is 2.44 bits per heavy atom. The van der Waals surface area contributed by atoms with Gasteiger partial charge in [-0.1, -0.05) is 24.3 Å². The third-order valence-electron chi connectivity index (χ3n) is 2.46. The van der Waals surface area contributed by atoms with E-state index in [4.69, 9.17) is 5.11 Å². The molecule has 7 heteroatoms. The maximum absolute atomic E-state index is 11.8. The molecule has 0 saturated carbocycles. The molecule has 6 nitrogen and oxygen atoms in total. The lowest BCUT2D eigenvalue weighted by atomic mass is 10.1. The van der Waals surface area contributed by atoms with Crippen molar-refractivity contribution in [3.05, 3.63) is 47.8 Å². The van der Waals surface area contributed by atoms with Crippen LogP contribution in [0.1, 0.15) is 11.1 Å². The smallest absolute Gasteiger partial charge is 0.243 e. The van der Waals surface area contributed by atoms with E-state index in [9.17, 15) is 8.42 Å². The molecule has 18 heavy (non-hydrogen) atoms. The fourth-order valence-electron chi connectivity index (χ4n) is 1.41. The Bertz CT molecular complexity index is 591. The number of aliphatic hydroxyl groups is 1. The van der Waals surface area contributed by atoms with E-state index in [1.165, 1.54) is 12.4 Å². The Kier molecular flexibility index (Phi) is 3.75. The summed E-state index contributed by atoms with van der Waals surface area (Å²) in [6.45, 7) is 0.167. The highest BCUT2D eigenvalue weighted by Gasteiger charge is 2.14. The van der Waals surface area contributed by atoms with Crippen molar-refractivity contribution in [1.82, 2.24) is 14.9 Å². The molecule has 0 aliphatic rings. The number of aliphatic hydroxyl groups excluding tert-OH is 1. The molecule has 0 bridgehead atoms. The molecule has 0 unspecified atom stereocenters. The summed E-state index contributed by atoms with van der Waals surface area (Å²) >= 11 is 0. The minimum atomic E-state index is -3.52. The van der Waals surface area contributed by atoms with Crippen molar-refractivity contribution in [3.8, 4) is 0 Å². The van der Waals surface area contributed by atoms with Gasteiger partial charge in [0.25, 0.3) is 0 Å². The number of nitrogens with one attached hydrogen (secondary N) is 2. The molecule has 2 aromatic rings. The summed E-state index contributed by atoms with van der Waals surface area (Å²) < 4.78 is 26.0. The standard InChI is InChI=1S/C11H13N3O3S/c15-8-10-3-1-9(2-4-10)5-14-18(16,17)11-6-12-13-7-11/h1-4,6-7,14-15H,5,8H2,(H,12,13). The number of rotatable bonds is 5. The average molecular weight is 267 g/mol. The van der Waals surface area contributed by atoms with Gasteiger partial charge in [-0.25, -0.2) is 13.1 Å². The van der Waals surface area contributed by atoms with Crippen LogP contribution in [-0.4, -0.2) is 23.7 Å². The quantitative estimate of drug-likeness (QED) is 0.730. The van der Waals surface area contributed by atoms with Gasteiger partial charge in [0, 0.05) is 12.7 Å². The zero-order valence-corrected chi connectivity index (χ0v) is 10.3. The molecule has 1 aromatic heterocycles. The Hall–Kier alpha value is -1.70. The van der Waals surface area contributed by atoms with Crippen LogP contribution < -0.4 is 4.72 Å². The predicted molar refractivity (Wildman–Crippen MR) is 65.0 cm³/mol. The molecule has 0 spiro atoms. The van der Waals surface area contributed by atoms with E-state index in [0.29, 0.717) is 0 Å². The van der Waals surface area contributed by atoms with Crippen LogP contribution in [0.3, 0.4) is 0 Å². The van der Waals surface area contributed by atoms with Gasteiger partial charge in [0.2, 0.25) is 10.0 Å². The van der Waals surface area contributed by atoms with E-state index in [2.05, 4.69) is 14.9 Å². The molecular weight excluding hydrogens is 254 g/mol. The summed E-state index contributed by atoms with van der Waals surface area (Å²) in [7, 11) is -3.52. The van der Waals surface area contributed by atoms with E-state index >= 15 is 0 Å². The summed E-state index contributed by atoms with van der Waals surface area (Å²) in [4.78, 5) is 0.106. The Morgan fingerprint density at radius 1 is 1.22 bits per heavy atom. The minimum Gasteiger partial charge on any atom is -0.392 e. The molecule has 0 amide bonds. The first kappa shape index (κ1) is 12.7. The summed E-state index contributed by atoms with van der Waals surface area (Å²) in [6.07, 6.45) is 2.56. The van der Waals surface area contributed by atoms with Crippen molar-refractivity contribution in [2.45, 2.75) is 18.0 Å². The van der Waals surface area contributed by atoms with E-state index in [1.54, 1.807) is 24.3 Å². The second kappa shape index (κ2) is 5.30. The van der Waals surface area contributed by atoms with Crippen molar-refractivity contribution in [3.63, 3.8) is 0 Å². The monoisotopic (exact) mass is 267 g/mol. The van der Waals surface area contributed by atoms with Gasteiger partial charge in [0.05, 0.1) is 12.8 Å². The summed E-state index contributed by atoms with van der Waals surface area (Å²) in [5.74, 6) is 0. The zero-order valence-electron chi connectivity index (χ0n) is 9.50. The van der Waals surface area contributed by atoms with Crippen LogP contribution in [0.4, 0.5) is 0 Å². The highest BCUT2D eigenvalue weighted by Crippen LogP contribution is 2.08. The van der Waals surface area contributed by atoms with Crippen molar-refractivity contribution in [1.29, 1.82) is 0 Å². The van der Waals surface area contributed by atoms with Gasteiger partial charge in [-0.3, -0.25) is 5.10 Å². The molecule has 2 rings (SSSR count). The van der Waals surface area contributed by atoms with Crippen LogP contribution in [0.2, 0.25) is 0 Å². The molecule has 0 atom stereocenters. The molecule has 0 aliphatic carbocycles. The van der Waals surface area contributed by atoms with Gasteiger partial charge < -0.3 is 5.11 Å². The largest absolute Gasteiger partial charge is 0.392 e. The maximum Gasteiger partial charge on any atom is 0.243 e. The third kappa shape index (κ3) is 2.95. The molecular formula is C11H13N3O3S. The number of hydrogen-bond acceptors (Lipinski definition) is 4. The molecule has 1 heterocycles. The molecule has 0 aliphatic heterocycles. The number of sulfonamides is 1. The van der Waals surface area contributed by atoms with Crippen LogP contribution in [0, 0.1) is 0 Å². The number of aromatic amines is 1. The van der Waals surface area contributed by atoms with Gasteiger partial charge in [0.1, 0.15) is 4.90 Å². The Balaban J connectivity index is 2.03. The van der Waals surface area contributed by atoms with E-state index in [-0.39, 0.29) is 18.0 Å². The number of hydrogen-bond donors (Lipinski definition) is 3. The van der Waals surface area contributed by atoms with Crippen molar-refractivity contribution < 1.29 is 13.5 Å². The molecule has 0 fully saturated rings. The Morgan fingerprint density at radius 2 is 1.89 bits per heavy atom. The first-order valence-electron chi connectivity index (χ1n) is 5.29. The summed E-state index contributed by atoms with van der Waals surface area (Å²) in [6, 6.07) is 7.04. The van der Waals surface area contributed by atoms with Gasteiger partial charge in [-0.05, 0) is 11.1 Å². The average Bonchev–Trinajstić information content (AvgIpc) is 2.92. The van der Waals surface area contributed by atoms with Crippen LogP contribution in [0.25, 0.3) is 0 Å². The van der Waals surface area contributed by atoms with Crippen LogP contribution >= 0.6 is 0 Å². The highest BCUT2D eigenvalue weighted by atomic mass is 32.2.